The molecule has 1 saturated heterocycles. The molecule has 0 unspecified atom stereocenters. The van der Waals surface area contributed by atoms with Crippen LogP contribution in [0.3, 0.4) is 0 Å². The third-order valence-electron chi connectivity index (χ3n) is 3.54. The maximum atomic E-state index is 11.3. The van der Waals surface area contributed by atoms with Gasteiger partial charge in [0.1, 0.15) is 47.1 Å². The zero-order valence-corrected chi connectivity index (χ0v) is 14.4. The van der Waals surface area contributed by atoms with Gasteiger partial charge < -0.3 is 19.9 Å². The van der Waals surface area contributed by atoms with Gasteiger partial charge in [0.25, 0.3) is 10.1 Å². The molecule has 0 saturated carbocycles. The van der Waals surface area contributed by atoms with Gasteiger partial charge in [-0.3, -0.25) is 4.18 Å². The summed E-state index contributed by atoms with van der Waals surface area (Å²) < 4.78 is 33.1. The summed E-state index contributed by atoms with van der Waals surface area (Å²) in [6.07, 6.45) is -0.463. The fourth-order valence-electron chi connectivity index (χ4n) is 2.55. The number of aromatic amines is 1. The van der Waals surface area contributed by atoms with Crippen molar-refractivity contribution in [3.05, 3.63) is 12.2 Å². The van der Waals surface area contributed by atoms with Crippen molar-refractivity contribution in [3.63, 3.8) is 0 Å². The molecule has 24 heavy (non-hydrogen) atoms. The summed E-state index contributed by atoms with van der Waals surface area (Å²) in [7, 11) is -3.83. The molecule has 2 aromatic heterocycles. The molecule has 3 N–H and O–H groups in total. The van der Waals surface area contributed by atoms with Crippen molar-refractivity contribution < 1.29 is 27.6 Å². The molecule has 1 fully saturated rings. The van der Waals surface area contributed by atoms with E-state index in [9.17, 15) is 18.6 Å². The predicted molar refractivity (Wildman–Crippen MR) is 83.9 cm³/mol. The van der Waals surface area contributed by atoms with Crippen molar-refractivity contribution in [3.8, 4) is 0 Å². The average Bonchev–Trinajstić information content (AvgIpc) is 3.07. The van der Waals surface area contributed by atoms with E-state index in [1.165, 1.54) is 18.1 Å². The lowest BCUT2D eigenvalue weighted by Gasteiger charge is -2.17. The van der Waals surface area contributed by atoms with Crippen molar-refractivity contribution in [1.82, 2.24) is 19.9 Å². The van der Waals surface area contributed by atoms with Crippen LogP contribution in [0.5, 0.6) is 0 Å². The molecule has 1 aliphatic rings. The van der Waals surface area contributed by atoms with Crippen molar-refractivity contribution in [1.29, 1.82) is 0 Å². The van der Waals surface area contributed by atoms with Gasteiger partial charge in [0.05, 0.1) is 12.9 Å². The minimum atomic E-state index is -3.83. The molecule has 132 valence electrons. The second-order valence-corrected chi connectivity index (χ2v) is 7.63. The summed E-state index contributed by atoms with van der Waals surface area (Å²) in [4.78, 5) is 15.4. The van der Waals surface area contributed by atoms with E-state index in [1.807, 2.05) is 6.26 Å². The SMILES string of the molecule is CSc1ncnc2nc([C@@H]3O[C@H](CO)[C@H](OS(C)(=O)=O)[C@H]3O)[nH]c12. The topological polar surface area (TPSA) is 148 Å². The number of ether oxygens (including phenoxy) is 1. The summed E-state index contributed by atoms with van der Waals surface area (Å²) in [5.74, 6) is 0.256. The molecular weight excluding hydrogens is 360 g/mol. The number of aliphatic hydroxyl groups excluding tert-OH is 2. The highest BCUT2D eigenvalue weighted by atomic mass is 32.2. The first-order chi connectivity index (χ1) is 11.3. The fourth-order valence-corrected chi connectivity index (χ4v) is 3.69. The fraction of sp³-hybridized carbons (Fsp3) is 0.583. The van der Waals surface area contributed by atoms with Crippen LogP contribution in [-0.4, -0.2) is 76.0 Å². The Hall–Kier alpha value is -1.31. The zero-order valence-electron chi connectivity index (χ0n) is 12.8. The van der Waals surface area contributed by atoms with Gasteiger partial charge in [-0.25, -0.2) is 15.0 Å². The van der Waals surface area contributed by atoms with Gasteiger partial charge in [0.15, 0.2) is 5.65 Å². The van der Waals surface area contributed by atoms with Gasteiger partial charge in [-0.2, -0.15) is 8.42 Å². The van der Waals surface area contributed by atoms with Crippen molar-refractivity contribution in [2.75, 3.05) is 19.1 Å². The number of fused-ring (bicyclic) bond motifs is 1. The molecule has 0 amide bonds. The molecule has 4 atom stereocenters. The lowest BCUT2D eigenvalue weighted by atomic mass is 10.1. The molecule has 0 bridgehead atoms. The number of imidazole rings is 1. The number of rotatable bonds is 5. The normalized spacial score (nSPS) is 27.8. The summed E-state index contributed by atoms with van der Waals surface area (Å²) in [6, 6.07) is 0. The first-order valence-corrected chi connectivity index (χ1v) is 9.95. The van der Waals surface area contributed by atoms with Gasteiger partial charge in [-0.1, -0.05) is 0 Å². The number of nitrogens with zero attached hydrogens (tertiary/aromatic N) is 3. The van der Waals surface area contributed by atoms with Crippen LogP contribution in [0.1, 0.15) is 11.9 Å². The summed E-state index contributed by atoms with van der Waals surface area (Å²) in [6.45, 7) is -0.510. The number of thioether (sulfide) groups is 1. The highest BCUT2D eigenvalue weighted by molar-refractivity contribution is 7.98. The van der Waals surface area contributed by atoms with Crippen LogP contribution in [0.15, 0.2) is 11.4 Å². The number of nitrogens with one attached hydrogen (secondary N) is 1. The predicted octanol–water partition coefficient (Wildman–Crippen LogP) is -0.787. The van der Waals surface area contributed by atoms with Gasteiger partial charge in [-0.15, -0.1) is 11.8 Å². The zero-order chi connectivity index (χ0) is 17.5. The van der Waals surface area contributed by atoms with E-state index in [0.717, 1.165) is 6.26 Å². The summed E-state index contributed by atoms with van der Waals surface area (Å²) in [5.41, 5.74) is 0.983. The molecule has 0 aromatic carbocycles. The van der Waals surface area contributed by atoms with E-state index in [2.05, 4.69) is 19.9 Å². The van der Waals surface area contributed by atoms with Gasteiger partial charge in [-0.05, 0) is 6.26 Å². The van der Waals surface area contributed by atoms with Crippen LogP contribution in [0.4, 0.5) is 0 Å². The molecular formula is C12H16N4O6S2. The van der Waals surface area contributed by atoms with Crippen LogP contribution >= 0.6 is 11.8 Å². The van der Waals surface area contributed by atoms with Crippen molar-refractivity contribution >= 4 is 33.0 Å². The summed E-state index contributed by atoms with van der Waals surface area (Å²) >= 11 is 1.40. The molecule has 1 aliphatic heterocycles. The third kappa shape index (κ3) is 3.25. The second kappa shape index (κ2) is 6.54. The van der Waals surface area contributed by atoms with Crippen LogP contribution < -0.4 is 0 Å². The van der Waals surface area contributed by atoms with E-state index >= 15 is 0 Å². The molecule has 10 nitrogen and oxygen atoms in total. The Morgan fingerprint density at radius 1 is 1.46 bits per heavy atom. The molecule has 0 spiro atoms. The van der Waals surface area contributed by atoms with Gasteiger partial charge >= 0.3 is 0 Å². The van der Waals surface area contributed by atoms with Crippen LogP contribution in [-0.2, 0) is 19.0 Å². The first-order valence-electron chi connectivity index (χ1n) is 6.91. The Balaban J connectivity index is 1.95. The van der Waals surface area contributed by atoms with Gasteiger partial charge in [0, 0.05) is 0 Å². The minimum absolute atomic E-state index is 0.256. The third-order valence-corrected chi connectivity index (χ3v) is 4.80. The largest absolute Gasteiger partial charge is 0.394 e. The maximum absolute atomic E-state index is 11.3. The van der Waals surface area contributed by atoms with Crippen LogP contribution in [0.25, 0.3) is 11.2 Å². The molecule has 0 radical (unpaired) electrons. The molecule has 2 aromatic rings. The van der Waals surface area contributed by atoms with Gasteiger partial charge in [0.2, 0.25) is 0 Å². The van der Waals surface area contributed by atoms with Crippen molar-refractivity contribution in [2.24, 2.45) is 0 Å². The number of H-pyrrole nitrogens is 1. The Labute approximate surface area is 141 Å². The van der Waals surface area contributed by atoms with Crippen LogP contribution in [0.2, 0.25) is 0 Å². The Bertz CT molecular complexity index is 841. The van der Waals surface area contributed by atoms with Crippen LogP contribution in [0, 0.1) is 0 Å². The molecule has 3 rings (SSSR count). The van der Waals surface area contributed by atoms with Crippen molar-refractivity contribution in [2.45, 2.75) is 29.4 Å². The molecule has 0 aliphatic carbocycles. The second-order valence-electron chi connectivity index (χ2n) is 5.24. The highest BCUT2D eigenvalue weighted by Gasteiger charge is 2.48. The molecule has 12 heteroatoms. The first kappa shape index (κ1) is 17.5. The Morgan fingerprint density at radius 2 is 2.21 bits per heavy atom. The van der Waals surface area contributed by atoms with E-state index in [-0.39, 0.29) is 5.82 Å². The summed E-state index contributed by atoms with van der Waals surface area (Å²) in [5, 5.41) is 20.4. The number of hydrogen-bond donors (Lipinski definition) is 3. The quantitative estimate of drug-likeness (QED) is 0.344. The number of aromatic nitrogens is 4. The van der Waals surface area contributed by atoms with E-state index in [4.69, 9.17) is 8.92 Å². The number of aliphatic hydroxyl groups is 2. The standard InChI is InChI=1S/C12H16N4O6S2/c1-23-12-6-10(13-4-14-12)16-11(15-6)9-7(18)8(5(3-17)21-9)22-24(2,19)20/h4-5,7-9,17-18H,3H2,1-2H3,(H,13,14,15,16)/t5-,7-,8+,9-/m1/s1. The molecule has 3 heterocycles. The number of hydrogen-bond acceptors (Lipinski definition) is 10. The highest BCUT2D eigenvalue weighted by Crippen LogP contribution is 2.35. The van der Waals surface area contributed by atoms with E-state index in [1.54, 1.807) is 0 Å². The lowest BCUT2D eigenvalue weighted by molar-refractivity contribution is -0.0207. The average molecular weight is 376 g/mol. The van der Waals surface area contributed by atoms with E-state index in [0.29, 0.717) is 16.2 Å². The Morgan fingerprint density at radius 3 is 2.83 bits per heavy atom. The Kier molecular flexibility index (Phi) is 4.77. The monoisotopic (exact) mass is 376 g/mol. The maximum Gasteiger partial charge on any atom is 0.264 e. The van der Waals surface area contributed by atoms with E-state index < -0.39 is 41.1 Å². The minimum Gasteiger partial charge on any atom is -0.394 e. The smallest absolute Gasteiger partial charge is 0.264 e. The lowest BCUT2D eigenvalue weighted by Crippen LogP contribution is -2.37.